The van der Waals surface area contributed by atoms with Gasteiger partial charge in [0, 0.05) is 18.7 Å². The van der Waals surface area contributed by atoms with Crippen LogP contribution in [0.4, 0.5) is 5.82 Å². The molecule has 8 nitrogen and oxygen atoms in total. The molecular weight excluding hydrogens is 260 g/mol. The molecule has 0 saturated heterocycles. The lowest BCUT2D eigenvalue weighted by molar-refractivity contribution is -0.117. The molecule has 0 aliphatic carbocycles. The third kappa shape index (κ3) is 4.16. The molecule has 2 heterocycles. The summed E-state index contributed by atoms with van der Waals surface area (Å²) in [7, 11) is 0. The van der Waals surface area contributed by atoms with Gasteiger partial charge >= 0.3 is 0 Å². The third-order valence-electron chi connectivity index (χ3n) is 2.48. The van der Waals surface area contributed by atoms with Crippen molar-refractivity contribution in [1.82, 2.24) is 25.5 Å². The van der Waals surface area contributed by atoms with Gasteiger partial charge in [-0.2, -0.15) is 0 Å². The molecular formula is C12H18N6O2. The topological polar surface area (TPSA) is 97.9 Å². The van der Waals surface area contributed by atoms with Gasteiger partial charge < -0.3 is 15.2 Å². The molecule has 0 aromatic carbocycles. The average Bonchev–Trinajstić information content (AvgIpc) is 2.96. The summed E-state index contributed by atoms with van der Waals surface area (Å²) in [5, 5.41) is 17.4. The molecule has 0 atom stereocenters. The van der Waals surface area contributed by atoms with Crippen molar-refractivity contribution >= 4 is 11.7 Å². The molecule has 2 aromatic rings. The Labute approximate surface area is 116 Å². The first-order chi connectivity index (χ1) is 9.52. The zero-order valence-corrected chi connectivity index (χ0v) is 11.8. The van der Waals surface area contributed by atoms with Crippen molar-refractivity contribution < 1.29 is 9.32 Å². The van der Waals surface area contributed by atoms with E-state index >= 15 is 0 Å². The number of aryl methyl sites for hydroxylation is 1. The van der Waals surface area contributed by atoms with Gasteiger partial charge in [-0.3, -0.25) is 4.79 Å². The number of anilines is 1. The van der Waals surface area contributed by atoms with Crippen LogP contribution in [0.5, 0.6) is 0 Å². The summed E-state index contributed by atoms with van der Waals surface area (Å²) in [5.74, 6) is 0.809. The Morgan fingerprint density at radius 2 is 2.30 bits per heavy atom. The predicted octanol–water partition coefficient (Wildman–Crippen LogP) is 0.711. The summed E-state index contributed by atoms with van der Waals surface area (Å²) in [6, 6.07) is 2.02. The Morgan fingerprint density at radius 3 is 2.95 bits per heavy atom. The molecule has 2 aromatic heterocycles. The van der Waals surface area contributed by atoms with E-state index in [0.717, 1.165) is 5.69 Å². The molecule has 2 N–H and O–H groups in total. The molecule has 0 fully saturated rings. The molecule has 0 aliphatic rings. The van der Waals surface area contributed by atoms with Gasteiger partial charge in [0.05, 0.1) is 11.9 Å². The first kappa shape index (κ1) is 14.2. The Bertz CT molecular complexity index is 574. The molecule has 1 amide bonds. The van der Waals surface area contributed by atoms with Crippen LogP contribution >= 0.6 is 0 Å². The Balaban J connectivity index is 1.85. The molecule has 0 radical (unpaired) electrons. The number of carbonyl (C=O) groups is 1. The van der Waals surface area contributed by atoms with Crippen molar-refractivity contribution in [2.75, 3.05) is 5.32 Å². The number of amides is 1. The van der Waals surface area contributed by atoms with Crippen LogP contribution in [0.1, 0.15) is 25.3 Å². The molecule has 8 heteroatoms. The van der Waals surface area contributed by atoms with Crippen molar-refractivity contribution in [1.29, 1.82) is 0 Å². The number of nitrogens with one attached hydrogen (secondary N) is 2. The van der Waals surface area contributed by atoms with E-state index in [1.54, 1.807) is 19.2 Å². The van der Waals surface area contributed by atoms with E-state index in [-0.39, 0.29) is 12.5 Å². The van der Waals surface area contributed by atoms with Crippen molar-refractivity contribution in [2.24, 2.45) is 0 Å². The van der Waals surface area contributed by atoms with E-state index in [1.807, 2.05) is 0 Å². The minimum atomic E-state index is -0.230. The Morgan fingerprint density at radius 1 is 1.50 bits per heavy atom. The van der Waals surface area contributed by atoms with E-state index in [2.05, 4.69) is 39.9 Å². The third-order valence-corrected chi connectivity index (χ3v) is 2.48. The minimum Gasteiger partial charge on any atom is -0.360 e. The van der Waals surface area contributed by atoms with Gasteiger partial charge in [-0.25, -0.2) is 4.68 Å². The molecule has 108 valence electrons. The molecule has 0 spiro atoms. The molecule has 0 saturated carbocycles. The molecule has 0 aliphatic heterocycles. The Hall–Kier alpha value is -2.22. The normalized spacial score (nSPS) is 11.0. The van der Waals surface area contributed by atoms with Gasteiger partial charge in [-0.15, -0.1) is 5.10 Å². The van der Waals surface area contributed by atoms with E-state index in [4.69, 9.17) is 4.52 Å². The van der Waals surface area contributed by atoms with Crippen molar-refractivity contribution in [3.05, 3.63) is 23.7 Å². The first-order valence-corrected chi connectivity index (χ1v) is 6.38. The van der Waals surface area contributed by atoms with Gasteiger partial charge in [0.15, 0.2) is 5.82 Å². The molecule has 0 bridgehead atoms. The second-order valence-electron chi connectivity index (χ2n) is 4.81. The lowest BCUT2D eigenvalue weighted by atomic mass is 10.3. The van der Waals surface area contributed by atoms with Crippen LogP contribution in [-0.2, 0) is 17.9 Å². The van der Waals surface area contributed by atoms with Crippen LogP contribution in [0.25, 0.3) is 0 Å². The SMILES string of the molecule is Cc1cc(NC(=O)Cn2cc(CNC(C)C)nn2)no1. The highest BCUT2D eigenvalue weighted by atomic mass is 16.5. The summed E-state index contributed by atoms with van der Waals surface area (Å²) >= 11 is 0. The number of aromatic nitrogens is 4. The number of hydrogen-bond acceptors (Lipinski definition) is 6. The fourth-order valence-electron chi connectivity index (χ4n) is 1.56. The van der Waals surface area contributed by atoms with E-state index in [9.17, 15) is 4.79 Å². The highest BCUT2D eigenvalue weighted by Gasteiger charge is 2.09. The average molecular weight is 278 g/mol. The monoisotopic (exact) mass is 278 g/mol. The van der Waals surface area contributed by atoms with Crippen LogP contribution in [0.2, 0.25) is 0 Å². The van der Waals surface area contributed by atoms with Crippen LogP contribution in [0, 0.1) is 6.92 Å². The highest BCUT2D eigenvalue weighted by Crippen LogP contribution is 2.06. The number of nitrogens with zero attached hydrogens (tertiary/aromatic N) is 4. The van der Waals surface area contributed by atoms with Gasteiger partial charge in [0.25, 0.3) is 0 Å². The fraction of sp³-hybridized carbons (Fsp3) is 0.500. The lowest BCUT2D eigenvalue weighted by Gasteiger charge is -2.04. The largest absolute Gasteiger partial charge is 0.360 e. The summed E-state index contributed by atoms with van der Waals surface area (Å²) < 4.78 is 6.35. The first-order valence-electron chi connectivity index (χ1n) is 6.38. The maximum Gasteiger partial charge on any atom is 0.247 e. The van der Waals surface area contributed by atoms with Gasteiger partial charge in [0.1, 0.15) is 12.3 Å². The second-order valence-corrected chi connectivity index (χ2v) is 4.81. The van der Waals surface area contributed by atoms with Crippen molar-refractivity contribution in [3.8, 4) is 0 Å². The predicted molar refractivity (Wildman–Crippen MR) is 71.9 cm³/mol. The summed E-state index contributed by atoms with van der Waals surface area (Å²) in [6.45, 7) is 6.58. The maximum absolute atomic E-state index is 11.8. The van der Waals surface area contributed by atoms with Crippen LogP contribution in [0.15, 0.2) is 16.8 Å². The number of rotatable bonds is 6. The van der Waals surface area contributed by atoms with Crippen LogP contribution in [-0.4, -0.2) is 32.1 Å². The molecule has 0 unspecified atom stereocenters. The summed E-state index contributed by atoms with van der Waals surface area (Å²) in [6.07, 6.45) is 1.74. The van der Waals surface area contributed by atoms with Gasteiger partial charge in [-0.05, 0) is 6.92 Å². The van der Waals surface area contributed by atoms with Crippen molar-refractivity contribution in [3.63, 3.8) is 0 Å². The minimum absolute atomic E-state index is 0.0839. The van der Waals surface area contributed by atoms with Gasteiger partial charge in [0.2, 0.25) is 5.91 Å². The Kier molecular flexibility index (Phi) is 4.46. The smallest absolute Gasteiger partial charge is 0.247 e. The zero-order chi connectivity index (χ0) is 14.5. The lowest BCUT2D eigenvalue weighted by Crippen LogP contribution is -2.22. The van der Waals surface area contributed by atoms with E-state index < -0.39 is 0 Å². The second kappa shape index (κ2) is 6.29. The molecule has 2 rings (SSSR count). The van der Waals surface area contributed by atoms with Crippen LogP contribution < -0.4 is 10.6 Å². The van der Waals surface area contributed by atoms with Gasteiger partial charge in [-0.1, -0.05) is 24.2 Å². The molecule has 20 heavy (non-hydrogen) atoms. The fourth-order valence-corrected chi connectivity index (χ4v) is 1.56. The maximum atomic E-state index is 11.8. The number of carbonyl (C=O) groups excluding carboxylic acids is 1. The summed E-state index contributed by atoms with van der Waals surface area (Å²) in [4.78, 5) is 11.8. The zero-order valence-electron chi connectivity index (χ0n) is 11.8. The van der Waals surface area contributed by atoms with E-state index in [1.165, 1.54) is 4.68 Å². The summed E-state index contributed by atoms with van der Waals surface area (Å²) in [5.41, 5.74) is 0.795. The van der Waals surface area contributed by atoms with Crippen LogP contribution in [0.3, 0.4) is 0 Å². The standard InChI is InChI=1S/C12H18N6O2/c1-8(2)13-5-10-6-18(17-15-10)7-12(19)14-11-4-9(3)20-16-11/h4,6,8,13H,5,7H2,1-3H3,(H,14,16,19). The quantitative estimate of drug-likeness (QED) is 0.807. The highest BCUT2D eigenvalue weighted by molar-refractivity contribution is 5.89. The number of hydrogen-bond donors (Lipinski definition) is 2. The van der Waals surface area contributed by atoms with E-state index in [0.29, 0.717) is 24.2 Å². The van der Waals surface area contributed by atoms with Crippen molar-refractivity contribution in [2.45, 2.75) is 39.9 Å².